The zero-order valence-electron chi connectivity index (χ0n) is 10.3. The third-order valence-corrected chi connectivity index (χ3v) is 2.92. The molecule has 100 valence electrons. The van der Waals surface area contributed by atoms with Crippen LogP contribution >= 0.6 is 0 Å². The minimum atomic E-state index is -2.62. The van der Waals surface area contributed by atoms with Crippen LogP contribution in [-0.2, 0) is 0 Å². The number of aliphatic hydroxyl groups excluding tert-OH is 1. The second kappa shape index (κ2) is 5.45. The minimum Gasteiger partial charge on any atom is -0.384 e. The third kappa shape index (κ3) is 2.96. The Morgan fingerprint density at radius 2 is 1.68 bits per heavy atom. The Kier molecular flexibility index (Phi) is 3.90. The van der Waals surface area contributed by atoms with Crippen molar-refractivity contribution in [3.63, 3.8) is 0 Å². The summed E-state index contributed by atoms with van der Waals surface area (Å²) >= 11 is 0. The van der Waals surface area contributed by atoms with Gasteiger partial charge in [-0.1, -0.05) is 35.9 Å². The molecule has 0 heterocycles. The van der Waals surface area contributed by atoms with E-state index in [1.54, 1.807) is 13.0 Å². The van der Waals surface area contributed by atoms with Crippen LogP contribution in [0.15, 0.2) is 42.5 Å². The first-order valence-corrected chi connectivity index (χ1v) is 5.81. The zero-order valence-corrected chi connectivity index (χ0v) is 10.3. The van der Waals surface area contributed by atoms with E-state index >= 15 is 0 Å². The molecule has 0 bridgehead atoms. The van der Waals surface area contributed by atoms with Crippen molar-refractivity contribution in [3.8, 4) is 0 Å². The Bertz CT molecular complexity index is 581. The lowest BCUT2D eigenvalue weighted by atomic mass is 9.98. The number of alkyl halides is 2. The van der Waals surface area contributed by atoms with E-state index in [-0.39, 0.29) is 16.7 Å². The van der Waals surface area contributed by atoms with Gasteiger partial charge < -0.3 is 5.11 Å². The van der Waals surface area contributed by atoms with Gasteiger partial charge in [-0.15, -0.1) is 0 Å². The minimum absolute atomic E-state index is 0.0893. The molecule has 0 aliphatic rings. The van der Waals surface area contributed by atoms with Gasteiger partial charge in [0.15, 0.2) is 0 Å². The van der Waals surface area contributed by atoms with Gasteiger partial charge in [-0.3, -0.25) is 0 Å². The lowest BCUT2D eigenvalue weighted by molar-refractivity contribution is 0.150. The maximum Gasteiger partial charge on any atom is 0.263 e. The van der Waals surface area contributed by atoms with Crippen LogP contribution in [0.5, 0.6) is 0 Å². The first-order valence-electron chi connectivity index (χ1n) is 5.81. The van der Waals surface area contributed by atoms with Crippen LogP contribution in [0.3, 0.4) is 0 Å². The summed E-state index contributed by atoms with van der Waals surface area (Å²) in [5.74, 6) is -0.555. The van der Waals surface area contributed by atoms with Gasteiger partial charge in [-0.05, 0) is 24.6 Å². The van der Waals surface area contributed by atoms with Crippen LogP contribution < -0.4 is 0 Å². The predicted molar refractivity (Wildman–Crippen MR) is 66.6 cm³/mol. The fourth-order valence-corrected chi connectivity index (χ4v) is 1.92. The molecular formula is C15H13F3O. The summed E-state index contributed by atoms with van der Waals surface area (Å²) in [5.41, 5.74) is 0.943. The van der Waals surface area contributed by atoms with Crippen LogP contribution in [-0.4, -0.2) is 5.11 Å². The molecule has 19 heavy (non-hydrogen) atoms. The summed E-state index contributed by atoms with van der Waals surface area (Å²) < 4.78 is 38.9. The molecule has 2 aromatic rings. The largest absolute Gasteiger partial charge is 0.384 e. The van der Waals surface area contributed by atoms with Gasteiger partial charge in [0.2, 0.25) is 0 Å². The SMILES string of the molecule is Cc1ccc(F)c(C(O)c2cccc(C(F)F)c2)c1. The Hall–Kier alpha value is -1.81. The quantitative estimate of drug-likeness (QED) is 0.884. The van der Waals surface area contributed by atoms with Gasteiger partial charge in [-0.25, -0.2) is 13.2 Å². The molecule has 0 fully saturated rings. The first kappa shape index (κ1) is 13.6. The lowest BCUT2D eigenvalue weighted by Crippen LogP contribution is -2.03. The molecular weight excluding hydrogens is 253 g/mol. The molecule has 2 rings (SSSR count). The fraction of sp³-hybridized carbons (Fsp3) is 0.200. The van der Waals surface area contributed by atoms with E-state index in [1.807, 2.05) is 0 Å². The molecule has 4 heteroatoms. The second-order valence-corrected chi connectivity index (χ2v) is 4.40. The van der Waals surface area contributed by atoms with E-state index in [2.05, 4.69) is 0 Å². The molecule has 0 saturated carbocycles. The highest BCUT2D eigenvalue weighted by atomic mass is 19.3. The number of aryl methyl sites for hydroxylation is 1. The van der Waals surface area contributed by atoms with Crippen molar-refractivity contribution >= 4 is 0 Å². The van der Waals surface area contributed by atoms with Gasteiger partial charge >= 0.3 is 0 Å². The van der Waals surface area contributed by atoms with E-state index < -0.39 is 18.3 Å². The molecule has 0 radical (unpaired) electrons. The molecule has 0 spiro atoms. The number of aliphatic hydroxyl groups is 1. The smallest absolute Gasteiger partial charge is 0.263 e. The molecule has 0 aliphatic carbocycles. The number of halogens is 3. The predicted octanol–water partition coefficient (Wildman–Crippen LogP) is 4.15. The van der Waals surface area contributed by atoms with Crippen LogP contribution in [0.25, 0.3) is 0 Å². The maximum absolute atomic E-state index is 13.7. The van der Waals surface area contributed by atoms with Crippen molar-refractivity contribution in [2.45, 2.75) is 19.5 Å². The number of hydrogen-bond acceptors (Lipinski definition) is 1. The average molecular weight is 266 g/mol. The van der Waals surface area contributed by atoms with Gasteiger partial charge in [-0.2, -0.15) is 0 Å². The molecule has 1 N–H and O–H groups in total. The average Bonchev–Trinajstić information content (AvgIpc) is 2.41. The first-order chi connectivity index (χ1) is 8.99. The third-order valence-electron chi connectivity index (χ3n) is 2.92. The lowest BCUT2D eigenvalue weighted by Gasteiger charge is -2.14. The molecule has 0 saturated heterocycles. The maximum atomic E-state index is 13.7. The second-order valence-electron chi connectivity index (χ2n) is 4.40. The summed E-state index contributed by atoms with van der Waals surface area (Å²) in [6.07, 6.45) is -3.87. The Labute approximate surface area is 109 Å². The van der Waals surface area contributed by atoms with E-state index in [0.29, 0.717) is 0 Å². The highest BCUT2D eigenvalue weighted by Crippen LogP contribution is 2.28. The van der Waals surface area contributed by atoms with Crippen LogP contribution in [0.4, 0.5) is 13.2 Å². The Morgan fingerprint density at radius 1 is 1.00 bits per heavy atom. The molecule has 1 unspecified atom stereocenters. The summed E-state index contributed by atoms with van der Waals surface area (Å²) in [6.45, 7) is 1.77. The molecule has 0 amide bonds. The van der Waals surface area contributed by atoms with Gasteiger partial charge in [0.05, 0.1) is 0 Å². The molecule has 0 aromatic heterocycles. The summed E-state index contributed by atoms with van der Waals surface area (Å²) in [4.78, 5) is 0. The van der Waals surface area contributed by atoms with Gasteiger partial charge in [0.25, 0.3) is 6.43 Å². The van der Waals surface area contributed by atoms with Crippen molar-refractivity contribution in [1.82, 2.24) is 0 Å². The molecule has 0 aliphatic heterocycles. The topological polar surface area (TPSA) is 20.2 Å². The van der Waals surface area contributed by atoms with Crippen LogP contribution in [0.1, 0.15) is 34.8 Å². The van der Waals surface area contributed by atoms with Crippen LogP contribution in [0, 0.1) is 12.7 Å². The number of rotatable bonds is 3. The standard InChI is InChI=1S/C15H13F3O/c1-9-5-6-13(16)12(7-9)14(19)10-3-2-4-11(8-10)15(17)18/h2-8,14-15,19H,1H3. The van der Waals surface area contributed by atoms with Crippen molar-refractivity contribution in [3.05, 3.63) is 70.5 Å². The van der Waals surface area contributed by atoms with E-state index in [1.165, 1.54) is 36.4 Å². The summed E-state index contributed by atoms with van der Waals surface area (Å²) in [6, 6.07) is 9.73. The fourth-order valence-electron chi connectivity index (χ4n) is 1.92. The van der Waals surface area contributed by atoms with Gasteiger partial charge in [0.1, 0.15) is 11.9 Å². The van der Waals surface area contributed by atoms with E-state index in [4.69, 9.17) is 0 Å². The van der Waals surface area contributed by atoms with Crippen LogP contribution in [0.2, 0.25) is 0 Å². The summed E-state index contributed by atoms with van der Waals surface area (Å²) in [7, 11) is 0. The molecule has 1 atom stereocenters. The highest BCUT2D eigenvalue weighted by molar-refractivity contribution is 5.35. The number of benzene rings is 2. The highest BCUT2D eigenvalue weighted by Gasteiger charge is 2.17. The monoisotopic (exact) mass is 266 g/mol. The zero-order chi connectivity index (χ0) is 14.0. The molecule has 1 nitrogen and oxygen atoms in total. The van der Waals surface area contributed by atoms with Crippen molar-refractivity contribution in [1.29, 1.82) is 0 Å². The van der Waals surface area contributed by atoms with Crippen molar-refractivity contribution in [2.24, 2.45) is 0 Å². The normalized spacial score (nSPS) is 12.7. The van der Waals surface area contributed by atoms with E-state index in [0.717, 1.165) is 5.56 Å². The van der Waals surface area contributed by atoms with Gasteiger partial charge in [0, 0.05) is 11.1 Å². The van der Waals surface area contributed by atoms with Crippen molar-refractivity contribution < 1.29 is 18.3 Å². The Morgan fingerprint density at radius 3 is 2.37 bits per heavy atom. The number of hydrogen-bond donors (Lipinski definition) is 1. The van der Waals surface area contributed by atoms with Crippen molar-refractivity contribution in [2.75, 3.05) is 0 Å². The van der Waals surface area contributed by atoms with E-state index in [9.17, 15) is 18.3 Å². The molecule has 2 aromatic carbocycles. The summed E-state index contributed by atoms with van der Waals surface area (Å²) in [5, 5.41) is 10.1. The Balaban J connectivity index is 2.41.